The predicted molar refractivity (Wildman–Crippen MR) is 57.5 cm³/mol. The van der Waals surface area contributed by atoms with E-state index in [1.54, 1.807) is 0 Å². The van der Waals surface area contributed by atoms with E-state index in [4.69, 9.17) is 5.73 Å². The summed E-state index contributed by atoms with van der Waals surface area (Å²) in [5.74, 6) is 0.629. The highest BCUT2D eigenvalue weighted by molar-refractivity contribution is 5.16. The van der Waals surface area contributed by atoms with Gasteiger partial charge in [-0.05, 0) is 51.0 Å². The Hall–Kier alpha value is -0.900. The van der Waals surface area contributed by atoms with Gasteiger partial charge in [-0.15, -0.1) is 5.10 Å². The van der Waals surface area contributed by atoms with Crippen LogP contribution in [0, 0.1) is 5.92 Å². The molecular formula is C11H18N4. The van der Waals surface area contributed by atoms with Crippen LogP contribution in [0.5, 0.6) is 0 Å². The van der Waals surface area contributed by atoms with E-state index in [2.05, 4.69) is 15.0 Å². The molecule has 1 fully saturated rings. The molecule has 0 bridgehead atoms. The van der Waals surface area contributed by atoms with Crippen molar-refractivity contribution >= 4 is 0 Å². The minimum Gasteiger partial charge on any atom is -0.330 e. The Morgan fingerprint density at radius 1 is 1.33 bits per heavy atom. The van der Waals surface area contributed by atoms with Crippen molar-refractivity contribution in [1.82, 2.24) is 15.0 Å². The Morgan fingerprint density at radius 3 is 2.87 bits per heavy atom. The van der Waals surface area contributed by atoms with E-state index < -0.39 is 0 Å². The molecule has 4 nitrogen and oxygen atoms in total. The van der Waals surface area contributed by atoms with Gasteiger partial charge in [-0.25, -0.2) is 4.68 Å². The third-order valence-electron chi connectivity index (χ3n) is 3.90. The van der Waals surface area contributed by atoms with Crippen molar-refractivity contribution in [2.24, 2.45) is 11.7 Å². The van der Waals surface area contributed by atoms with E-state index in [0.29, 0.717) is 12.0 Å². The molecule has 0 radical (unpaired) electrons. The summed E-state index contributed by atoms with van der Waals surface area (Å²) in [5.41, 5.74) is 8.31. The van der Waals surface area contributed by atoms with Crippen molar-refractivity contribution < 1.29 is 0 Å². The predicted octanol–water partition coefficient (Wildman–Crippen LogP) is 1.07. The molecule has 3 rings (SSSR count). The van der Waals surface area contributed by atoms with Gasteiger partial charge in [-0.2, -0.15) is 0 Å². The zero-order valence-electron chi connectivity index (χ0n) is 9.02. The topological polar surface area (TPSA) is 56.7 Å². The van der Waals surface area contributed by atoms with Gasteiger partial charge >= 0.3 is 0 Å². The maximum Gasteiger partial charge on any atom is 0.0862 e. The minimum atomic E-state index is 0.629. The molecule has 2 aliphatic carbocycles. The molecule has 1 aromatic heterocycles. The molecule has 15 heavy (non-hydrogen) atoms. The number of hydrogen-bond acceptors (Lipinski definition) is 3. The Balaban J connectivity index is 1.85. The quantitative estimate of drug-likeness (QED) is 0.787. The van der Waals surface area contributed by atoms with Gasteiger partial charge < -0.3 is 5.73 Å². The van der Waals surface area contributed by atoms with Crippen LogP contribution in [0.3, 0.4) is 0 Å². The highest BCUT2D eigenvalue weighted by Crippen LogP contribution is 2.34. The van der Waals surface area contributed by atoms with E-state index >= 15 is 0 Å². The van der Waals surface area contributed by atoms with Gasteiger partial charge in [0.15, 0.2) is 0 Å². The van der Waals surface area contributed by atoms with Crippen molar-refractivity contribution in [3.63, 3.8) is 0 Å². The molecule has 2 N–H and O–H groups in total. The lowest BCUT2D eigenvalue weighted by molar-refractivity contribution is 0.274. The summed E-state index contributed by atoms with van der Waals surface area (Å²) in [5, 5.41) is 8.63. The van der Waals surface area contributed by atoms with Gasteiger partial charge in [0, 0.05) is 0 Å². The molecule has 0 saturated heterocycles. The molecule has 1 aromatic rings. The molecule has 1 saturated carbocycles. The first kappa shape index (κ1) is 9.33. The van der Waals surface area contributed by atoms with Crippen molar-refractivity contribution in [1.29, 1.82) is 0 Å². The second-order valence-electron chi connectivity index (χ2n) is 4.86. The van der Waals surface area contributed by atoms with Gasteiger partial charge in [0.1, 0.15) is 0 Å². The molecule has 1 unspecified atom stereocenters. The van der Waals surface area contributed by atoms with Gasteiger partial charge in [0.05, 0.1) is 17.4 Å². The highest BCUT2D eigenvalue weighted by Gasteiger charge is 2.28. The van der Waals surface area contributed by atoms with Gasteiger partial charge in [-0.1, -0.05) is 5.21 Å². The Kier molecular flexibility index (Phi) is 2.24. The van der Waals surface area contributed by atoms with Gasteiger partial charge in [-0.3, -0.25) is 0 Å². The van der Waals surface area contributed by atoms with Crippen LogP contribution in [0.1, 0.15) is 43.1 Å². The lowest BCUT2D eigenvalue weighted by Gasteiger charge is -2.28. The Labute approximate surface area is 89.8 Å². The van der Waals surface area contributed by atoms with E-state index in [0.717, 1.165) is 19.4 Å². The number of aromatic nitrogens is 3. The van der Waals surface area contributed by atoms with E-state index in [1.165, 1.54) is 37.1 Å². The number of rotatable bonds is 2. The summed E-state index contributed by atoms with van der Waals surface area (Å²) in [6.45, 7) is 0.787. The molecule has 1 atom stereocenters. The van der Waals surface area contributed by atoms with E-state index in [9.17, 15) is 0 Å². The van der Waals surface area contributed by atoms with E-state index in [1.807, 2.05) is 0 Å². The fourth-order valence-corrected chi connectivity index (χ4v) is 2.61. The standard InChI is InChI=1S/C11H18N4/c12-7-8-4-5-11-10(6-8)13-14-15(11)9-2-1-3-9/h8-9H,1-7,12H2. The maximum absolute atomic E-state index is 5.71. The third kappa shape index (κ3) is 1.47. The first-order valence-electron chi connectivity index (χ1n) is 6.01. The van der Waals surface area contributed by atoms with Crippen molar-refractivity contribution in [3.8, 4) is 0 Å². The smallest absolute Gasteiger partial charge is 0.0862 e. The molecule has 0 aromatic carbocycles. The lowest BCUT2D eigenvalue weighted by atomic mass is 9.88. The molecule has 2 aliphatic rings. The van der Waals surface area contributed by atoms with Crippen molar-refractivity contribution in [2.75, 3.05) is 6.54 Å². The fourth-order valence-electron chi connectivity index (χ4n) is 2.61. The first-order chi connectivity index (χ1) is 7.38. The number of nitrogens with two attached hydrogens (primary N) is 1. The lowest BCUT2D eigenvalue weighted by Crippen LogP contribution is -2.25. The summed E-state index contributed by atoms with van der Waals surface area (Å²) in [6.07, 6.45) is 7.31. The summed E-state index contributed by atoms with van der Waals surface area (Å²) in [4.78, 5) is 0. The average Bonchev–Trinajstić information content (AvgIpc) is 2.59. The van der Waals surface area contributed by atoms with Crippen LogP contribution in [-0.2, 0) is 12.8 Å². The van der Waals surface area contributed by atoms with Gasteiger partial charge in [0.25, 0.3) is 0 Å². The molecule has 0 aliphatic heterocycles. The highest BCUT2D eigenvalue weighted by atomic mass is 15.4. The van der Waals surface area contributed by atoms with Gasteiger partial charge in [0.2, 0.25) is 0 Å². The van der Waals surface area contributed by atoms with Crippen LogP contribution in [-0.4, -0.2) is 21.5 Å². The number of nitrogens with zero attached hydrogens (tertiary/aromatic N) is 3. The third-order valence-corrected chi connectivity index (χ3v) is 3.90. The molecule has 1 heterocycles. The van der Waals surface area contributed by atoms with Crippen molar-refractivity contribution in [3.05, 3.63) is 11.4 Å². The van der Waals surface area contributed by atoms with Crippen LogP contribution in [0.4, 0.5) is 0 Å². The van der Waals surface area contributed by atoms with Crippen molar-refractivity contribution in [2.45, 2.75) is 44.6 Å². The number of hydrogen-bond donors (Lipinski definition) is 1. The molecule has 4 heteroatoms. The second-order valence-corrected chi connectivity index (χ2v) is 4.86. The second kappa shape index (κ2) is 3.59. The van der Waals surface area contributed by atoms with E-state index in [-0.39, 0.29) is 0 Å². The largest absolute Gasteiger partial charge is 0.330 e. The monoisotopic (exact) mass is 206 g/mol. The summed E-state index contributed by atoms with van der Waals surface area (Å²) >= 11 is 0. The van der Waals surface area contributed by atoms with Crippen LogP contribution in [0.2, 0.25) is 0 Å². The molecule has 0 spiro atoms. The average molecular weight is 206 g/mol. The zero-order chi connectivity index (χ0) is 10.3. The molecule has 82 valence electrons. The fraction of sp³-hybridized carbons (Fsp3) is 0.818. The molecular weight excluding hydrogens is 188 g/mol. The minimum absolute atomic E-state index is 0.629. The maximum atomic E-state index is 5.71. The first-order valence-corrected chi connectivity index (χ1v) is 6.01. The van der Waals surface area contributed by atoms with Crippen LogP contribution < -0.4 is 5.73 Å². The normalized spacial score (nSPS) is 26.1. The SMILES string of the molecule is NCC1CCc2c(nnn2C2CCC2)C1. The van der Waals surface area contributed by atoms with Crippen LogP contribution >= 0.6 is 0 Å². The zero-order valence-corrected chi connectivity index (χ0v) is 9.02. The summed E-state index contributed by atoms with van der Waals surface area (Å²) in [6, 6.07) is 0.649. The number of fused-ring (bicyclic) bond motifs is 1. The summed E-state index contributed by atoms with van der Waals surface area (Å²) < 4.78 is 2.19. The van der Waals surface area contributed by atoms with Crippen LogP contribution in [0.15, 0.2) is 0 Å². The Bertz CT molecular complexity index is 353. The Morgan fingerprint density at radius 2 is 2.20 bits per heavy atom. The molecule has 0 amide bonds. The van der Waals surface area contributed by atoms with Crippen LogP contribution in [0.25, 0.3) is 0 Å². The summed E-state index contributed by atoms with van der Waals surface area (Å²) in [7, 11) is 0.